The highest BCUT2D eigenvalue weighted by Gasteiger charge is 2.23. The highest BCUT2D eigenvalue weighted by Crippen LogP contribution is 2.35. The molecule has 0 aliphatic carbocycles. The van der Waals surface area contributed by atoms with Gasteiger partial charge in [0.05, 0.1) is 18.2 Å². The fourth-order valence-electron chi connectivity index (χ4n) is 4.14. The van der Waals surface area contributed by atoms with Gasteiger partial charge in [0.2, 0.25) is 6.79 Å². The number of nitrogens with zero attached hydrogens (tertiary/aromatic N) is 1. The lowest BCUT2D eigenvalue weighted by atomic mass is 10.1. The summed E-state index contributed by atoms with van der Waals surface area (Å²) in [5, 5.41) is 4.77. The van der Waals surface area contributed by atoms with E-state index in [9.17, 15) is 4.79 Å². The van der Waals surface area contributed by atoms with Crippen molar-refractivity contribution in [2.45, 2.75) is 32.4 Å². The summed E-state index contributed by atoms with van der Waals surface area (Å²) in [5.74, 6) is 1.33. The van der Waals surface area contributed by atoms with Gasteiger partial charge in [-0.3, -0.25) is 4.79 Å². The summed E-state index contributed by atoms with van der Waals surface area (Å²) >= 11 is 5.75. The molecule has 8 heteroatoms. The van der Waals surface area contributed by atoms with Crippen LogP contribution < -0.4 is 20.3 Å². The van der Waals surface area contributed by atoms with Gasteiger partial charge in [-0.15, -0.1) is 0 Å². The maximum atomic E-state index is 12.9. The third-order valence-electron chi connectivity index (χ3n) is 5.78. The summed E-state index contributed by atoms with van der Waals surface area (Å²) in [6, 6.07) is 13.6. The molecule has 0 spiro atoms. The largest absolute Gasteiger partial charge is 0.454 e. The van der Waals surface area contributed by atoms with E-state index in [2.05, 4.69) is 10.3 Å². The molecule has 1 aromatic heterocycles. The van der Waals surface area contributed by atoms with Gasteiger partial charge < -0.3 is 29.4 Å². The van der Waals surface area contributed by atoms with E-state index in [-0.39, 0.29) is 18.5 Å². The zero-order valence-corrected chi connectivity index (χ0v) is 18.7. The molecule has 5 rings (SSSR count). The number of fused-ring (bicyclic) bond motifs is 2. The maximum Gasteiger partial charge on any atom is 0.253 e. The molecule has 0 amide bonds. The summed E-state index contributed by atoms with van der Waals surface area (Å²) in [5.41, 5.74) is 3.27. The van der Waals surface area contributed by atoms with Crippen molar-refractivity contribution in [1.29, 1.82) is 0 Å². The van der Waals surface area contributed by atoms with Gasteiger partial charge in [-0.05, 0) is 61.8 Å². The Hall–Kier alpha value is -3.10. The van der Waals surface area contributed by atoms with Crippen LogP contribution in [0.2, 0.25) is 0 Å². The van der Waals surface area contributed by atoms with Gasteiger partial charge >= 0.3 is 0 Å². The number of H-pyrrole nitrogens is 1. The summed E-state index contributed by atoms with van der Waals surface area (Å²) < 4.78 is 16.8. The summed E-state index contributed by atoms with van der Waals surface area (Å²) in [6.07, 6.45) is 2.13. The number of rotatable bonds is 5. The predicted octanol–water partition coefficient (Wildman–Crippen LogP) is 3.94. The van der Waals surface area contributed by atoms with Gasteiger partial charge in [-0.2, -0.15) is 0 Å². The van der Waals surface area contributed by atoms with Crippen LogP contribution in [0.25, 0.3) is 10.9 Å². The number of thiocarbonyl (C=S) groups is 1. The number of nitrogens with one attached hydrogen (secondary N) is 2. The van der Waals surface area contributed by atoms with Crippen LogP contribution in [0.5, 0.6) is 11.5 Å². The normalized spacial score (nSPS) is 17.0. The van der Waals surface area contributed by atoms with Gasteiger partial charge in [-0.1, -0.05) is 12.1 Å². The minimum absolute atomic E-state index is 0.0978. The van der Waals surface area contributed by atoms with E-state index in [1.165, 1.54) is 0 Å². The highest BCUT2D eigenvalue weighted by molar-refractivity contribution is 7.80. The number of hydrogen-bond donors (Lipinski definition) is 2. The second-order valence-corrected chi connectivity index (χ2v) is 8.62. The van der Waals surface area contributed by atoms with Crippen LogP contribution >= 0.6 is 12.2 Å². The van der Waals surface area contributed by atoms with Crippen molar-refractivity contribution in [3.05, 3.63) is 63.9 Å². The van der Waals surface area contributed by atoms with Crippen molar-refractivity contribution in [2.75, 3.05) is 25.3 Å². The molecule has 0 unspecified atom stereocenters. The molecule has 3 aromatic rings. The number of ether oxygens (including phenoxy) is 3. The zero-order valence-electron chi connectivity index (χ0n) is 17.8. The number of anilines is 1. The number of benzene rings is 2. The van der Waals surface area contributed by atoms with E-state index in [1.807, 2.05) is 48.2 Å². The molecule has 1 atom stereocenters. The predicted molar refractivity (Wildman–Crippen MR) is 127 cm³/mol. The molecular weight excluding hydrogens is 426 g/mol. The van der Waals surface area contributed by atoms with Crippen LogP contribution in [0, 0.1) is 6.92 Å². The molecule has 2 N–H and O–H groups in total. The standard InChI is InChI=1S/C24H25N3O4S/c1-15-4-2-5-18(8-15)25-24(32)27(13-19-6-3-7-29-19)12-17-9-16-10-21-22(31-14-30-21)11-20(16)26-23(17)28/h2,4-5,8-11,19H,3,6-7,12-14H2,1H3,(H,25,32)(H,26,28)/t19-/m1/s1. The topological polar surface area (TPSA) is 75.8 Å². The molecular formula is C24H25N3O4S. The molecule has 2 aliphatic heterocycles. The van der Waals surface area contributed by atoms with Crippen molar-refractivity contribution in [3.8, 4) is 11.5 Å². The Kier molecular flexibility index (Phi) is 5.71. The first-order valence-electron chi connectivity index (χ1n) is 10.7. The van der Waals surface area contributed by atoms with Crippen LogP contribution in [0.3, 0.4) is 0 Å². The van der Waals surface area contributed by atoms with E-state index in [4.69, 9.17) is 26.4 Å². The Morgan fingerprint density at radius 1 is 1.22 bits per heavy atom. The molecule has 0 radical (unpaired) electrons. The molecule has 2 aliphatic rings. The third kappa shape index (κ3) is 4.42. The molecule has 3 heterocycles. The lowest BCUT2D eigenvalue weighted by Crippen LogP contribution is -2.40. The third-order valence-corrected chi connectivity index (χ3v) is 6.14. The second-order valence-electron chi connectivity index (χ2n) is 8.23. The Balaban J connectivity index is 1.42. The smallest absolute Gasteiger partial charge is 0.253 e. The van der Waals surface area contributed by atoms with Crippen LogP contribution in [0.4, 0.5) is 5.69 Å². The molecule has 0 bridgehead atoms. The average molecular weight is 452 g/mol. The number of aromatic amines is 1. The zero-order chi connectivity index (χ0) is 22.1. The Morgan fingerprint density at radius 2 is 2.06 bits per heavy atom. The van der Waals surface area contributed by atoms with Crippen LogP contribution in [-0.2, 0) is 11.3 Å². The van der Waals surface area contributed by atoms with Crippen molar-refractivity contribution < 1.29 is 14.2 Å². The fraction of sp³-hybridized carbons (Fsp3) is 0.333. The molecule has 2 aromatic carbocycles. The lowest BCUT2D eigenvalue weighted by molar-refractivity contribution is 0.0904. The van der Waals surface area contributed by atoms with E-state index in [0.29, 0.717) is 40.8 Å². The van der Waals surface area contributed by atoms with Gasteiger partial charge in [0, 0.05) is 35.9 Å². The molecule has 1 saturated heterocycles. The number of aryl methyl sites for hydroxylation is 1. The van der Waals surface area contributed by atoms with Crippen molar-refractivity contribution in [2.24, 2.45) is 0 Å². The van der Waals surface area contributed by atoms with Crippen molar-refractivity contribution in [3.63, 3.8) is 0 Å². The van der Waals surface area contributed by atoms with E-state index < -0.39 is 0 Å². The number of hydrogen-bond acceptors (Lipinski definition) is 5. The van der Waals surface area contributed by atoms with E-state index >= 15 is 0 Å². The average Bonchev–Trinajstić information content (AvgIpc) is 3.44. The molecule has 166 valence electrons. The van der Waals surface area contributed by atoms with E-state index in [0.717, 1.165) is 36.1 Å². The minimum Gasteiger partial charge on any atom is -0.454 e. The molecule has 32 heavy (non-hydrogen) atoms. The van der Waals surface area contributed by atoms with Crippen molar-refractivity contribution in [1.82, 2.24) is 9.88 Å². The Bertz CT molecular complexity index is 1220. The number of pyridine rings is 1. The molecule has 0 saturated carbocycles. The molecule has 1 fully saturated rings. The summed E-state index contributed by atoms with van der Waals surface area (Å²) in [7, 11) is 0. The first kappa shape index (κ1) is 20.8. The minimum atomic E-state index is -0.146. The molecule has 7 nitrogen and oxygen atoms in total. The first-order chi connectivity index (χ1) is 15.5. The maximum absolute atomic E-state index is 12.9. The fourth-order valence-corrected chi connectivity index (χ4v) is 4.40. The monoisotopic (exact) mass is 451 g/mol. The van der Waals surface area contributed by atoms with E-state index in [1.54, 1.807) is 6.07 Å². The quantitative estimate of drug-likeness (QED) is 0.569. The van der Waals surface area contributed by atoms with Crippen molar-refractivity contribution >= 4 is 33.9 Å². The van der Waals surface area contributed by atoms with Gasteiger partial charge in [0.1, 0.15) is 0 Å². The van der Waals surface area contributed by atoms with Gasteiger partial charge in [0.25, 0.3) is 5.56 Å². The van der Waals surface area contributed by atoms with Gasteiger partial charge in [-0.25, -0.2) is 0 Å². The van der Waals surface area contributed by atoms with Gasteiger partial charge in [0.15, 0.2) is 16.6 Å². The Morgan fingerprint density at radius 3 is 2.84 bits per heavy atom. The summed E-state index contributed by atoms with van der Waals surface area (Å²) in [6.45, 7) is 3.99. The van der Waals surface area contributed by atoms with Crippen LogP contribution in [0.15, 0.2) is 47.3 Å². The number of aromatic nitrogens is 1. The van der Waals surface area contributed by atoms with Crippen LogP contribution in [-0.4, -0.2) is 41.0 Å². The van der Waals surface area contributed by atoms with Crippen LogP contribution in [0.1, 0.15) is 24.0 Å². The Labute approximate surface area is 191 Å². The SMILES string of the molecule is Cc1cccc(NC(=S)N(Cc2cc3cc4c(cc3[nH]c2=O)OCO4)C[C@H]2CCCO2)c1. The highest BCUT2D eigenvalue weighted by atomic mass is 32.1. The lowest BCUT2D eigenvalue weighted by Gasteiger charge is -2.28. The second kappa shape index (κ2) is 8.80. The summed E-state index contributed by atoms with van der Waals surface area (Å²) in [4.78, 5) is 17.9. The first-order valence-corrected chi connectivity index (χ1v) is 11.2.